The van der Waals surface area contributed by atoms with Crippen molar-refractivity contribution in [1.29, 1.82) is 0 Å². The van der Waals surface area contributed by atoms with Gasteiger partial charge in [0.25, 0.3) is 0 Å². The summed E-state index contributed by atoms with van der Waals surface area (Å²) < 4.78 is 34.0. The van der Waals surface area contributed by atoms with Crippen molar-refractivity contribution >= 4 is 27.1 Å². The molecule has 9 nitrogen and oxygen atoms in total. The van der Waals surface area contributed by atoms with E-state index in [1.54, 1.807) is 25.4 Å². The maximum atomic E-state index is 13.6. The van der Waals surface area contributed by atoms with Gasteiger partial charge in [0.05, 0.1) is 22.1 Å². The van der Waals surface area contributed by atoms with E-state index in [0.29, 0.717) is 19.4 Å². The number of nitrogens with zero attached hydrogens (tertiary/aromatic N) is 3. The molecule has 0 aliphatic rings. The predicted octanol–water partition coefficient (Wildman–Crippen LogP) is 7.54. The number of imidazole rings is 1. The number of pyridine rings is 1. The summed E-state index contributed by atoms with van der Waals surface area (Å²) in [6.07, 6.45) is 14.7. The van der Waals surface area contributed by atoms with Crippen molar-refractivity contribution in [3.63, 3.8) is 0 Å². The molecule has 44 heavy (non-hydrogen) atoms. The van der Waals surface area contributed by atoms with E-state index in [-0.39, 0.29) is 17.4 Å². The average molecular weight is 628 g/mol. The molecule has 1 aromatic carbocycles. The Kier molecular flexibility index (Phi) is 14.6. The monoisotopic (exact) mass is 627 g/mol. The van der Waals surface area contributed by atoms with E-state index in [1.165, 1.54) is 55.7 Å². The second-order valence-corrected chi connectivity index (χ2v) is 14.3. The van der Waals surface area contributed by atoms with Crippen molar-refractivity contribution in [2.75, 3.05) is 20.2 Å². The first kappa shape index (κ1) is 35.5. The lowest BCUT2D eigenvalue weighted by molar-refractivity contribution is 0.115. The largest absolute Gasteiger partial charge is 0.448 e. The Balaban J connectivity index is 1.47. The van der Waals surface area contributed by atoms with Crippen LogP contribution >= 0.6 is 0 Å². The summed E-state index contributed by atoms with van der Waals surface area (Å²) in [6.45, 7) is 8.76. The van der Waals surface area contributed by atoms with Gasteiger partial charge in [-0.3, -0.25) is 4.98 Å². The molecule has 0 saturated carbocycles. The summed E-state index contributed by atoms with van der Waals surface area (Å²) in [5, 5.41) is 2.82. The quantitative estimate of drug-likeness (QED) is 0.125. The molecule has 0 unspecified atom stereocenters. The number of carbonyl (C=O) groups is 1. The van der Waals surface area contributed by atoms with Crippen molar-refractivity contribution in [1.82, 2.24) is 24.6 Å². The topological polar surface area (TPSA) is 117 Å². The van der Waals surface area contributed by atoms with Crippen LogP contribution in [-0.4, -0.2) is 60.0 Å². The number of likely N-dealkylation sites (N-methyl/N-ethyl adjacent to an activating group) is 1. The lowest BCUT2D eigenvalue weighted by atomic mass is 10.0. The number of fused-ring (bicyclic) bond motifs is 1. The smallest absolute Gasteiger partial charge is 0.407 e. The fourth-order valence-electron chi connectivity index (χ4n) is 5.47. The zero-order valence-electron chi connectivity index (χ0n) is 27.4. The maximum absolute atomic E-state index is 13.6. The Labute approximate surface area is 264 Å². The molecule has 3 rings (SSSR count). The first-order valence-electron chi connectivity index (χ1n) is 16.4. The van der Waals surface area contributed by atoms with Crippen molar-refractivity contribution in [3.05, 3.63) is 53.6 Å². The fourth-order valence-corrected chi connectivity index (χ4v) is 6.82. The van der Waals surface area contributed by atoms with Gasteiger partial charge in [-0.1, -0.05) is 90.7 Å². The van der Waals surface area contributed by atoms with Crippen LogP contribution in [-0.2, 0) is 21.2 Å². The number of rotatable bonds is 20. The van der Waals surface area contributed by atoms with Crippen LogP contribution in [0.3, 0.4) is 0 Å². The van der Waals surface area contributed by atoms with Gasteiger partial charge in [0.15, 0.2) is 0 Å². The highest BCUT2D eigenvalue weighted by Gasteiger charge is 2.29. The summed E-state index contributed by atoms with van der Waals surface area (Å²) in [6, 6.07) is 8.30. The summed E-state index contributed by atoms with van der Waals surface area (Å²) in [4.78, 5) is 24.9. The molecule has 244 valence electrons. The third-order valence-electron chi connectivity index (χ3n) is 8.03. The number of sulfonamides is 1. The fraction of sp³-hybridized carbons (Fsp3) is 0.618. The Morgan fingerprint density at radius 3 is 2.25 bits per heavy atom. The minimum atomic E-state index is -3.80. The molecule has 0 radical (unpaired) electrons. The number of H-pyrrole nitrogens is 1. The molecule has 0 bridgehead atoms. The average Bonchev–Trinajstić information content (AvgIpc) is 3.39. The first-order valence-corrected chi connectivity index (χ1v) is 17.8. The number of nitrogens with one attached hydrogen (secondary N) is 2. The van der Waals surface area contributed by atoms with Gasteiger partial charge in [-0.25, -0.2) is 18.2 Å². The number of benzene rings is 1. The molecule has 2 aromatic heterocycles. The Bertz CT molecular complexity index is 1390. The number of amides is 1. The van der Waals surface area contributed by atoms with Crippen LogP contribution in [0.2, 0.25) is 0 Å². The van der Waals surface area contributed by atoms with Gasteiger partial charge in [0.2, 0.25) is 10.0 Å². The molecule has 3 aromatic rings. The van der Waals surface area contributed by atoms with Crippen molar-refractivity contribution in [2.24, 2.45) is 5.92 Å². The van der Waals surface area contributed by atoms with Crippen LogP contribution < -0.4 is 5.32 Å². The number of alkyl carbamates (subject to hydrolysis) is 1. The van der Waals surface area contributed by atoms with Crippen LogP contribution in [0.1, 0.15) is 108 Å². The van der Waals surface area contributed by atoms with E-state index in [0.717, 1.165) is 41.0 Å². The highest BCUT2D eigenvalue weighted by molar-refractivity contribution is 7.89. The zero-order chi connectivity index (χ0) is 32.0. The number of aromatic nitrogens is 3. The molecular weight excluding hydrogens is 574 g/mol. The number of carbonyl (C=O) groups excluding carboxylic acids is 1. The van der Waals surface area contributed by atoms with Crippen LogP contribution in [0.4, 0.5) is 4.79 Å². The normalized spacial score (nSPS) is 12.7. The molecule has 2 N–H and O–H groups in total. The molecule has 0 saturated heterocycles. The summed E-state index contributed by atoms with van der Waals surface area (Å²) in [5.41, 5.74) is 3.53. The first-order chi connectivity index (χ1) is 21.1. The molecule has 0 aliphatic heterocycles. The second-order valence-electron chi connectivity index (χ2n) is 12.3. The molecule has 0 fully saturated rings. The van der Waals surface area contributed by atoms with Gasteiger partial charge in [0.1, 0.15) is 17.9 Å². The molecule has 0 spiro atoms. The van der Waals surface area contributed by atoms with Crippen molar-refractivity contribution in [3.8, 4) is 0 Å². The van der Waals surface area contributed by atoms with Gasteiger partial charge >= 0.3 is 6.09 Å². The molecular formula is C34H53N5O4S. The van der Waals surface area contributed by atoms with Crippen molar-refractivity contribution in [2.45, 2.75) is 116 Å². The van der Waals surface area contributed by atoms with Crippen LogP contribution in [0.15, 0.2) is 41.4 Å². The van der Waals surface area contributed by atoms with Crippen LogP contribution in [0, 0.1) is 12.8 Å². The van der Waals surface area contributed by atoms with Gasteiger partial charge in [0, 0.05) is 26.2 Å². The van der Waals surface area contributed by atoms with E-state index in [2.05, 4.69) is 27.2 Å². The van der Waals surface area contributed by atoms with E-state index in [9.17, 15) is 13.2 Å². The molecule has 1 amide bonds. The lowest BCUT2D eigenvalue weighted by Gasteiger charge is -2.28. The second kappa shape index (κ2) is 18.1. The van der Waals surface area contributed by atoms with Gasteiger partial charge in [-0.2, -0.15) is 4.31 Å². The molecule has 1 atom stereocenters. The third-order valence-corrected chi connectivity index (χ3v) is 9.96. The Morgan fingerprint density at radius 2 is 1.61 bits per heavy atom. The third kappa shape index (κ3) is 11.2. The predicted molar refractivity (Wildman–Crippen MR) is 177 cm³/mol. The SMILES string of the molecule is CCCCCCCCCCCCNC(=O)OC[C@H](CC(C)C)N(C)S(=O)(=O)c1ccc(Cc2nccc3[nH]c(C)nc23)cc1. The van der Waals surface area contributed by atoms with E-state index < -0.39 is 22.2 Å². The van der Waals surface area contributed by atoms with E-state index in [1.807, 2.05) is 39.0 Å². The lowest BCUT2D eigenvalue weighted by Crippen LogP contribution is -2.42. The van der Waals surface area contributed by atoms with E-state index in [4.69, 9.17) is 4.74 Å². The van der Waals surface area contributed by atoms with Crippen molar-refractivity contribution < 1.29 is 17.9 Å². The minimum Gasteiger partial charge on any atom is -0.448 e. The Hall–Kier alpha value is -2.98. The number of aromatic amines is 1. The number of ether oxygens (including phenoxy) is 1. The highest BCUT2D eigenvalue weighted by atomic mass is 32.2. The summed E-state index contributed by atoms with van der Waals surface area (Å²) >= 11 is 0. The van der Waals surface area contributed by atoms with E-state index >= 15 is 0 Å². The number of hydrogen-bond acceptors (Lipinski definition) is 6. The van der Waals surface area contributed by atoms with Gasteiger partial charge in [-0.15, -0.1) is 0 Å². The summed E-state index contributed by atoms with van der Waals surface area (Å²) in [7, 11) is -2.24. The maximum Gasteiger partial charge on any atom is 0.407 e. The van der Waals surface area contributed by atoms with Gasteiger partial charge < -0.3 is 15.0 Å². The number of aryl methyl sites for hydroxylation is 1. The van der Waals surface area contributed by atoms with Crippen LogP contribution in [0.25, 0.3) is 11.0 Å². The van der Waals surface area contributed by atoms with Gasteiger partial charge in [-0.05, 0) is 49.4 Å². The highest BCUT2D eigenvalue weighted by Crippen LogP contribution is 2.23. The molecule has 2 heterocycles. The molecule has 0 aliphatic carbocycles. The number of hydrogen-bond donors (Lipinski definition) is 2. The Morgan fingerprint density at radius 1 is 0.977 bits per heavy atom. The zero-order valence-corrected chi connectivity index (χ0v) is 28.2. The number of unbranched alkanes of at least 4 members (excludes halogenated alkanes) is 9. The summed E-state index contributed by atoms with van der Waals surface area (Å²) in [5.74, 6) is 1.05. The molecule has 10 heteroatoms. The van der Waals surface area contributed by atoms with Crippen LogP contribution in [0.5, 0.6) is 0 Å². The standard InChI is InChI=1S/C34H53N5O4S/c1-6-7-8-9-10-11-12-13-14-15-21-36-34(40)43-25-29(23-26(2)3)39(5)44(41,42)30-18-16-28(17-19-30)24-32-33-31(20-22-35-32)37-27(4)38-33/h16-20,22,26,29H,6-15,21,23-25H2,1-5H3,(H,36,40)(H,37,38)/t29-/m0/s1. The minimum absolute atomic E-state index is 0.00534.